The molecule has 0 saturated carbocycles. The summed E-state index contributed by atoms with van der Waals surface area (Å²) in [5.41, 5.74) is 8.45. The summed E-state index contributed by atoms with van der Waals surface area (Å²) < 4.78 is 5.70. The molecule has 138 valence electrons. The van der Waals surface area contributed by atoms with E-state index in [9.17, 15) is 5.11 Å². The Balaban J connectivity index is 1.50. The average molecular weight is 401 g/mol. The van der Waals surface area contributed by atoms with Gasteiger partial charge in [-0.25, -0.2) is 0 Å². The fraction of sp³-hybridized carbons (Fsp3) is 0.158. The molecule has 0 amide bonds. The maximum absolute atomic E-state index is 10.4. The second kappa shape index (κ2) is 7.74. The van der Waals surface area contributed by atoms with E-state index in [2.05, 4.69) is 10.2 Å². The van der Waals surface area contributed by atoms with E-state index in [0.29, 0.717) is 29.2 Å². The van der Waals surface area contributed by atoms with Crippen LogP contribution in [0.15, 0.2) is 69.3 Å². The molecule has 0 aliphatic carbocycles. The summed E-state index contributed by atoms with van der Waals surface area (Å²) in [7, 11) is 0. The summed E-state index contributed by atoms with van der Waals surface area (Å²) in [6.07, 6.45) is 1.28. The molecular weight excluding hydrogens is 384 g/mol. The standard InChI is InChI=1S/C19H17ClN4O2S/c20-14-3-1-2-13(8-14)18-22-23-19(26-18)27-17-11-24(10-16(17)25)15-6-4-12(9-21)5-7-15/h1-8,11,16,25H,9-10,21H2. The van der Waals surface area contributed by atoms with Crippen molar-refractivity contribution in [2.45, 2.75) is 17.9 Å². The normalized spacial score (nSPS) is 16.6. The molecule has 0 saturated heterocycles. The number of β-amino-alcohol motifs (C(OH)–C–C–N with tert-alkyl or cyclic N) is 1. The number of nitrogens with two attached hydrogens (primary N) is 1. The lowest BCUT2D eigenvalue weighted by atomic mass is 10.2. The number of aromatic nitrogens is 2. The van der Waals surface area contributed by atoms with Gasteiger partial charge >= 0.3 is 0 Å². The van der Waals surface area contributed by atoms with Crippen LogP contribution >= 0.6 is 23.4 Å². The first-order valence-corrected chi connectivity index (χ1v) is 9.54. The number of thioether (sulfide) groups is 1. The lowest BCUT2D eigenvalue weighted by molar-refractivity contribution is 0.235. The summed E-state index contributed by atoms with van der Waals surface area (Å²) in [4.78, 5) is 2.74. The van der Waals surface area contributed by atoms with Crippen molar-refractivity contribution in [2.75, 3.05) is 11.4 Å². The highest BCUT2D eigenvalue weighted by molar-refractivity contribution is 8.02. The Morgan fingerprint density at radius 1 is 1.22 bits per heavy atom. The largest absolute Gasteiger partial charge is 0.411 e. The van der Waals surface area contributed by atoms with E-state index in [-0.39, 0.29) is 0 Å². The molecule has 27 heavy (non-hydrogen) atoms. The molecule has 0 spiro atoms. The fourth-order valence-corrected chi connectivity index (χ4v) is 3.74. The van der Waals surface area contributed by atoms with Crippen LogP contribution in [0.5, 0.6) is 0 Å². The minimum atomic E-state index is -0.620. The maximum atomic E-state index is 10.4. The van der Waals surface area contributed by atoms with Gasteiger partial charge in [-0.15, -0.1) is 10.2 Å². The first-order chi connectivity index (χ1) is 13.1. The SMILES string of the molecule is NCc1ccc(N2C=C(Sc3nnc(-c4cccc(Cl)c4)o3)C(O)C2)cc1. The molecule has 0 fully saturated rings. The number of anilines is 1. The third-order valence-corrected chi connectivity index (χ3v) is 5.36. The topological polar surface area (TPSA) is 88.4 Å². The highest BCUT2D eigenvalue weighted by Crippen LogP contribution is 2.35. The zero-order chi connectivity index (χ0) is 18.8. The molecule has 8 heteroatoms. The molecule has 3 aromatic rings. The summed E-state index contributed by atoms with van der Waals surface area (Å²) >= 11 is 7.26. The van der Waals surface area contributed by atoms with Crippen LogP contribution in [-0.4, -0.2) is 28.0 Å². The Bertz CT molecular complexity index is 974. The van der Waals surface area contributed by atoms with E-state index in [1.54, 1.807) is 12.1 Å². The van der Waals surface area contributed by atoms with Gasteiger partial charge in [0, 0.05) is 33.9 Å². The van der Waals surface area contributed by atoms with Gasteiger partial charge in [0.25, 0.3) is 5.22 Å². The number of aliphatic hydroxyl groups excluding tert-OH is 1. The van der Waals surface area contributed by atoms with E-state index < -0.39 is 6.10 Å². The number of halogens is 1. The Morgan fingerprint density at radius 3 is 2.78 bits per heavy atom. The van der Waals surface area contributed by atoms with Crippen molar-refractivity contribution in [1.82, 2.24) is 10.2 Å². The van der Waals surface area contributed by atoms with Gasteiger partial charge in [0.05, 0.1) is 6.54 Å². The number of hydrogen-bond acceptors (Lipinski definition) is 7. The minimum Gasteiger partial charge on any atom is -0.411 e. The Kier molecular flexibility index (Phi) is 5.18. The third kappa shape index (κ3) is 4.01. The van der Waals surface area contributed by atoms with Gasteiger partial charge in [-0.1, -0.05) is 29.8 Å². The molecule has 4 rings (SSSR count). The van der Waals surface area contributed by atoms with Crippen molar-refractivity contribution < 1.29 is 9.52 Å². The number of benzene rings is 2. The van der Waals surface area contributed by atoms with Gasteiger partial charge in [0.15, 0.2) is 0 Å². The third-order valence-electron chi connectivity index (χ3n) is 4.17. The zero-order valence-corrected chi connectivity index (χ0v) is 15.8. The number of nitrogens with zero attached hydrogens (tertiary/aromatic N) is 3. The maximum Gasteiger partial charge on any atom is 0.281 e. The summed E-state index contributed by atoms with van der Waals surface area (Å²) in [5, 5.41) is 19.5. The Hall–Kier alpha value is -2.32. The molecule has 6 nitrogen and oxygen atoms in total. The molecule has 2 heterocycles. The van der Waals surface area contributed by atoms with Crippen LogP contribution < -0.4 is 10.6 Å². The lowest BCUT2D eigenvalue weighted by Gasteiger charge is -2.16. The van der Waals surface area contributed by atoms with E-state index in [4.69, 9.17) is 21.8 Å². The van der Waals surface area contributed by atoms with Crippen LogP contribution in [0.2, 0.25) is 5.02 Å². The lowest BCUT2D eigenvalue weighted by Crippen LogP contribution is -2.20. The van der Waals surface area contributed by atoms with Crippen molar-refractivity contribution >= 4 is 29.1 Å². The molecular formula is C19H17ClN4O2S. The van der Waals surface area contributed by atoms with Gasteiger partial charge < -0.3 is 20.2 Å². The van der Waals surface area contributed by atoms with E-state index in [0.717, 1.165) is 21.7 Å². The first-order valence-electron chi connectivity index (χ1n) is 8.35. The monoisotopic (exact) mass is 400 g/mol. The first kappa shape index (κ1) is 18.1. The van der Waals surface area contributed by atoms with Gasteiger partial charge in [0.2, 0.25) is 5.89 Å². The molecule has 2 aromatic carbocycles. The number of aliphatic hydroxyl groups is 1. The second-order valence-corrected chi connectivity index (χ2v) is 7.52. The average Bonchev–Trinajstić information content (AvgIpc) is 3.29. The summed E-state index contributed by atoms with van der Waals surface area (Å²) in [6.45, 7) is 0.978. The number of rotatable bonds is 5. The minimum absolute atomic E-state index is 0.371. The van der Waals surface area contributed by atoms with Crippen molar-refractivity contribution in [2.24, 2.45) is 5.73 Å². The quantitative estimate of drug-likeness (QED) is 0.675. The highest BCUT2D eigenvalue weighted by atomic mass is 35.5. The van der Waals surface area contributed by atoms with Gasteiger partial charge in [-0.2, -0.15) is 0 Å². The summed E-state index contributed by atoms with van der Waals surface area (Å²) in [6, 6.07) is 15.2. The molecule has 1 unspecified atom stereocenters. The van der Waals surface area contributed by atoms with Gasteiger partial charge in [0.1, 0.15) is 6.10 Å². The summed E-state index contributed by atoms with van der Waals surface area (Å²) in [5.74, 6) is 0.391. The smallest absolute Gasteiger partial charge is 0.281 e. The zero-order valence-electron chi connectivity index (χ0n) is 14.2. The van der Waals surface area contributed by atoms with Crippen molar-refractivity contribution in [3.8, 4) is 11.5 Å². The van der Waals surface area contributed by atoms with Crippen LogP contribution in [0, 0.1) is 0 Å². The van der Waals surface area contributed by atoms with Crippen LogP contribution in [-0.2, 0) is 6.54 Å². The van der Waals surface area contributed by atoms with Crippen LogP contribution in [0.1, 0.15) is 5.56 Å². The molecule has 0 radical (unpaired) electrons. The predicted molar refractivity (Wildman–Crippen MR) is 106 cm³/mol. The predicted octanol–water partition coefficient (Wildman–Crippen LogP) is 3.66. The Morgan fingerprint density at radius 2 is 2.04 bits per heavy atom. The number of hydrogen-bond donors (Lipinski definition) is 2. The molecule has 1 aliphatic rings. The molecule has 1 aliphatic heterocycles. The van der Waals surface area contributed by atoms with Crippen molar-refractivity contribution in [3.05, 3.63) is 70.2 Å². The van der Waals surface area contributed by atoms with E-state index in [1.165, 1.54) is 11.8 Å². The van der Waals surface area contributed by atoms with Gasteiger partial charge in [-0.05, 0) is 47.7 Å². The van der Waals surface area contributed by atoms with Crippen LogP contribution in [0.25, 0.3) is 11.5 Å². The van der Waals surface area contributed by atoms with Crippen LogP contribution in [0.3, 0.4) is 0 Å². The van der Waals surface area contributed by atoms with E-state index >= 15 is 0 Å². The van der Waals surface area contributed by atoms with Crippen LogP contribution in [0.4, 0.5) is 5.69 Å². The molecule has 0 bridgehead atoms. The highest BCUT2D eigenvalue weighted by Gasteiger charge is 2.26. The van der Waals surface area contributed by atoms with Crippen molar-refractivity contribution in [1.29, 1.82) is 0 Å². The van der Waals surface area contributed by atoms with E-state index in [1.807, 2.05) is 47.5 Å². The molecule has 1 aromatic heterocycles. The Labute approximate surface area is 165 Å². The molecule has 3 N–H and O–H groups in total. The molecule has 1 atom stereocenters. The second-order valence-electron chi connectivity index (χ2n) is 6.06. The fourth-order valence-electron chi connectivity index (χ4n) is 2.76. The van der Waals surface area contributed by atoms with Gasteiger partial charge in [-0.3, -0.25) is 0 Å². The van der Waals surface area contributed by atoms with Crippen molar-refractivity contribution in [3.63, 3.8) is 0 Å².